The van der Waals surface area contributed by atoms with Gasteiger partial charge in [-0.05, 0) is 98.1 Å². The summed E-state index contributed by atoms with van der Waals surface area (Å²) in [6.45, 7) is 10.7. The number of hydrogen-bond donors (Lipinski definition) is 0. The van der Waals surface area contributed by atoms with Crippen LogP contribution in [0.4, 0.5) is 5.69 Å². The normalized spacial score (nSPS) is 12.6. The quantitative estimate of drug-likeness (QED) is 0.181. The Morgan fingerprint density at radius 2 is 1.78 bits per heavy atom. The van der Waals surface area contributed by atoms with Crippen LogP contribution in [0, 0.1) is 19.8 Å². The van der Waals surface area contributed by atoms with E-state index in [-0.39, 0.29) is 16.8 Å². The van der Waals surface area contributed by atoms with Crippen molar-refractivity contribution in [2.45, 2.75) is 64.9 Å². The largest absolute Gasteiger partial charge is 0.459 e. The summed E-state index contributed by atoms with van der Waals surface area (Å²) in [5, 5.41) is 12.1. The highest BCUT2D eigenvalue weighted by Crippen LogP contribution is 2.38. The van der Waals surface area contributed by atoms with Crippen molar-refractivity contribution in [2.75, 3.05) is 0 Å². The lowest BCUT2D eigenvalue weighted by molar-refractivity contribution is -0.159. The lowest BCUT2D eigenvalue weighted by Crippen LogP contribution is -2.40. The molecule has 1 atom stereocenters. The number of benzene rings is 2. The van der Waals surface area contributed by atoms with Crippen LogP contribution in [0.2, 0.25) is 0 Å². The van der Waals surface area contributed by atoms with Crippen LogP contribution in [0.5, 0.6) is 0 Å². The molecule has 0 saturated heterocycles. The lowest BCUT2D eigenvalue weighted by atomic mass is 9.73. The summed E-state index contributed by atoms with van der Waals surface area (Å²) < 4.78 is 6.59. The summed E-state index contributed by atoms with van der Waals surface area (Å²) in [6.07, 6.45) is 0.868. The van der Waals surface area contributed by atoms with Gasteiger partial charge in [-0.2, -0.15) is 5.26 Å². The van der Waals surface area contributed by atoms with Crippen molar-refractivity contribution >= 4 is 40.0 Å². The highest BCUT2D eigenvalue weighted by atomic mass is 127. The first kappa shape index (κ1) is 25.7. The Kier molecular flexibility index (Phi) is 7.94. The average molecular weight is 546 g/mol. The van der Waals surface area contributed by atoms with E-state index in [0.29, 0.717) is 0 Å². The van der Waals surface area contributed by atoms with Crippen molar-refractivity contribution in [1.29, 1.82) is 5.26 Å². The molecule has 2 rings (SSSR count). The first-order valence-electron chi connectivity index (χ1n) is 10.3. The molecule has 7 heteroatoms. The number of ether oxygens (including phenoxy) is 1. The molecule has 2 aromatic carbocycles. The number of carbonyl (C=O) groups is 2. The van der Waals surface area contributed by atoms with E-state index in [1.165, 1.54) is 23.8 Å². The smallest absolute Gasteiger partial charge is 0.321 e. The van der Waals surface area contributed by atoms with Gasteiger partial charge in [-0.15, -0.1) is 4.91 Å². The molecule has 0 heterocycles. The molecule has 0 aliphatic carbocycles. The minimum atomic E-state index is -1.37. The Hall–Kier alpha value is -2.60. The Labute approximate surface area is 202 Å². The molecule has 0 amide bonds. The fraction of sp³-hybridized carbons (Fsp3) is 0.400. The molecule has 0 aliphatic rings. The zero-order valence-electron chi connectivity index (χ0n) is 19.2. The number of nitroso groups, excluding NO2 is 1. The Balaban J connectivity index is 2.65. The number of nitrogens with zero attached hydrogens (tertiary/aromatic N) is 2. The van der Waals surface area contributed by atoms with E-state index >= 15 is 0 Å². The molecule has 0 aliphatic heterocycles. The van der Waals surface area contributed by atoms with Crippen LogP contribution in [0.1, 0.15) is 69.7 Å². The summed E-state index contributed by atoms with van der Waals surface area (Å²) in [7, 11) is 0. The maximum atomic E-state index is 13.9. The van der Waals surface area contributed by atoms with Crippen LogP contribution in [0.3, 0.4) is 0 Å². The number of aryl methyl sites for hydroxylation is 1. The van der Waals surface area contributed by atoms with Crippen molar-refractivity contribution in [3.8, 4) is 6.07 Å². The number of esters is 1. The van der Waals surface area contributed by atoms with E-state index < -0.39 is 28.7 Å². The van der Waals surface area contributed by atoms with Gasteiger partial charge in [-0.1, -0.05) is 25.1 Å². The van der Waals surface area contributed by atoms with Gasteiger partial charge in [0.25, 0.3) is 0 Å². The molecule has 0 radical (unpaired) electrons. The SMILES string of the molecule is CCc1ccc(C(C)(C)C(=O)C(C(=O)OC(C)(C)C)c2ccc(C#N)cc2N=O)cc1I. The van der Waals surface area contributed by atoms with Gasteiger partial charge >= 0.3 is 5.97 Å². The maximum Gasteiger partial charge on any atom is 0.321 e. The molecule has 0 N–H and O–H groups in total. The molecule has 0 spiro atoms. The molecular formula is C25H27IN2O4. The summed E-state index contributed by atoms with van der Waals surface area (Å²) in [6, 6.07) is 11.9. The van der Waals surface area contributed by atoms with Gasteiger partial charge in [0.2, 0.25) is 0 Å². The number of nitriles is 1. The number of ketones is 1. The number of halogens is 1. The van der Waals surface area contributed by atoms with E-state index in [2.05, 4.69) is 34.7 Å². The van der Waals surface area contributed by atoms with E-state index in [1.807, 2.05) is 24.3 Å². The Bertz CT molecular complexity index is 1090. The third kappa shape index (κ3) is 5.60. The van der Waals surface area contributed by atoms with Crippen molar-refractivity contribution < 1.29 is 14.3 Å². The van der Waals surface area contributed by atoms with E-state index in [1.54, 1.807) is 34.6 Å². The van der Waals surface area contributed by atoms with Gasteiger partial charge in [-0.25, -0.2) is 0 Å². The van der Waals surface area contributed by atoms with Crippen molar-refractivity contribution in [2.24, 2.45) is 5.18 Å². The van der Waals surface area contributed by atoms with Crippen molar-refractivity contribution in [3.63, 3.8) is 0 Å². The highest BCUT2D eigenvalue weighted by molar-refractivity contribution is 14.1. The zero-order chi connectivity index (χ0) is 24.3. The van der Waals surface area contributed by atoms with Gasteiger partial charge in [0.1, 0.15) is 17.2 Å². The molecule has 6 nitrogen and oxygen atoms in total. The summed E-state index contributed by atoms with van der Waals surface area (Å²) in [4.78, 5) is 38.6. The molecule has 0 fully saturated rings. The van der Waals surface area contributed by atoms with Gasteiger partial charge in [0.05, 0.1) is 11.6 Å². The van der Waals surface area contributed by atoms with E-state index in [9.17, 15) is 14.5 Å². The average Bonchev–Trinajstić information content (AvgIpc) is 2.72. The molecular weight excluding hydrogens is 519 g/mol. The van der Waals surface area contributed by atoms with Gasteiger partial charge in [-0.3, -0.25) is 9.59 Å². The van der Waals surface area contributed by atoms with Crippen molar-refractivity contribution in [3.05, 3.63) is 67.1 Å². The van der Waals surface area contributed by atoms with E-state index in [0.717, 1.165) is 15.6 Å². The Morgan fingerprint density at radius 1 is 1.12 bits per heavy atom. The molecule has 0 saturated carbocycles. The third-order valence-electron chi connectivity index (χ3n) is 5.25. The van der Waals surface area contributed by atoms with Gasteiger partial charge in [0, 0.05) is 14.5 Å². The predicted octanol–water partition coefficient (Wildman–Crippen LogP) is 6.10. The van der Waals surface area contributed by atoms with Gasteiger partial charge in [0.15, 0.2) is 5.78 Å². The second kappa shape index (κ2) is 9.90. The van der Waals surface area contributed by atoms with Gasteiger partial charge < -0.3 is 4.74 Å². The second-order valence-corrected chi connectivity index (χ2v) is 10.3. The molecule has 32 heavy (non-hydrogen) atoms. The Morgan fingerprint density at radius 3 is 2.28 bits per heavy atom. The number of Topliss-reactive ketones (excluding diaryl/α,β-unsaturated/α-hetero) is 1. The summed E-state index contributed by atoms with van der Waals surface area (Å²) in [5.41, 5.74) is 0.253. The number of rotatable bonds is 7. The van der Waals surface area contributed by atoms with Crippen LogP contribution < -0.4 is 0 Å². The number of carbonyl (C=O) groups excluding carboxylic acids is 2. The van der Waals surface area contributed by atoms with E-state index in [4.69, 9.17) is 10.00 Å². The molecule has 0 aromatic heterocycles. The lowest BCUT2D eigenvalue weighted by Gasteiger charge is -2.31. The topological polar surface area (TPSA) is 96.6 Å². The summed E-state index contributed by atoms with van der Waals surface area (Å²) >= 11 is 2.24. The fourth-order valence-electron chi connectivity index (χ4n) is 3.40. The maximum absolute atomic E-state index is 13.9. The summed E-state index contributed by atoms with van der Waals surface area (Å²) in [5.74, 6) is -2.54. The standard InChI is InChI=1S/C25H27IN2O4/c1-7-16-9-10-17(13-19(16)26)25(5,6)22(29)21(23(30)32-24(2,3)4)18-11-8-15(14-27)12-20(18)28-31/h8-13,21H,7H2,1-6H3. The first-order valence-corrected chi connectivity index (χ1v) is 11.4. The predicted molar refractivity (Wildman–Crippen MR) is 132 cm³/mol. The molecule has 2 aromatic rings. The molecule has 1 unspecified atom stereocenters. The second-order valence-electron chi connectivity index (χ2n) is 9.09. The van der Waals surface area contributed by atoms with Crippen LogP contribution in [0.25, 0.3) is 0 Å². The third-order valence-corrected chi connectivity index (χ3v) is 6.25. The zero-order valence-corrected chi connectivity index (χ0v) is 21.3. The van der Waals surface area contributed by atoms with Crippen molar-refractivity contribution in [1.82, 2.24) is 0 Å². The molecule has 168 valence electrons. The highest BCUT2D eigenvalue weighted by Gasteiger charge is 2.43. The minimum absolute atomic E-state index is 0.125. The minimum Gasteiger partial charge on any atom is -0.459 e. The van der Waals surface area contributed by atoms with Crippen LogP contribution in [0.15, 0.2) is 41.6 Å². The fourth-order valence-corrected chi connectivity index (χ4v) is 4.29. The molecule has 0 bridgehead atoms. The monoisotopic (exact) mass is 546 g/mol. The van der Waals surface area contributed by atoms with Crippen LogP contribution in [-0.2, 0) is 26.2 Å². The number of hydrogen-bond acceptors (Lipinski definition) is 6. The van der Waals surface area contributed by atoms with Crippen LogP contribution in [-0.4, -0.2) is 17.4 Å². The first-order chi connectivity index (χ1) is 14.8. The van der Waals surface area contributed by atoms with Crippen LogP contribution >= 0.6 is 22.6 Å².